The average molecular weight is 255 g/mol. The van der Waals surface area contributed by atoms with Crippen molar-refractivity contribution in [1.82, 2.24) is 10.3 Å². The van der Waals surface area contributed by atoms with Crippen molar-refractivity contribution < 1.29 is 9.53 Å². The first-order valence-corrected chi connectivity index (χ1v) is 5.90. The van der Waals surface area contributed by atoms with Gasteiger partial charge < -0.3 is 10.1 Å². The van der Waals surface area contributed by atoms with Gasteiger partial charge in [-0.3, -0.25) is 9.78 Å². The highest BCUT2D eigenvalue weighted by Gasteiger charge is 2.32. The van der Waals surface area contributed by atoms with Crippen molar-refractivity contribution in [2.45, 2.75) is 25.8 Å². The number of halogens is 1. The molecule has 0 aromatic carbocycles. The molecule has 2 rings (SSSR count). The first-order valence-electron chi connectivity index (χ1n) is 5.53. The Kier molecular flexibility index (Phi) is 3.35. The maximum absolute atomic E-state index is 12.0. The fourth-order valence-electron chi connectivity index (χ4n) is 1.80. The quantitative estimate of drug-likeness (QED) is 0.878. The van der Waals surface area contributed by atoms with E-state index >= 15 is 0 Å². The molecule has 92 valence electrons. The molecule has 0 saturated carbocycles. The zero-order valence-corrected chi connectivity index (χ0v) is 10.7. The summed E-state index contributed by atoms with van der Waals surface area (Å²) in [6, 6.07) is 1.68. The zero-order valence-electron chi connectivity index (χ0n) is 9.92. The van der Waals surface area contributed by atoms with Crippen LogP contribution in [-0.4, -0.2) is 29.6 Å². The minimum atomic E-state index is -0.300. The molecule has 0 aliphatic carbocycles. The lowest BCUT2D eigenvalue weighted by molar-refractivity contribution is 0.0889. The highest BCUT2D eigenvalue weighted by atomic mass is 35.5. The second-order valence-corrected chi connectivity index (χ2v) is 5.03. The molecule has 0 bridgehead atoms. The number of ether oxygens (including phenoxy) is 1. The summed E-state index contributed by atoms with van der Waals surface area (Å²) < 4.78 is 5.28. The molecule has 1 aromatic heterocycles. The molecule has 5 heteroatoms. The Bertz CT molecular complexity index is 442. The lowest BCUT2D eigenvalue weighted by Crippen LogP contribution is -2.46. The maximum Gasteiger partial charge on any atom is 0.254 e. The maximum atomic E-state index is 12.0. The number of aromatic nitrogens is 1. The Balaban J connectivity index is 2.14. The summed E-state index contributed by atoms with van der Waals surface area (Å²) in [5.41, 5.74) is 0.901. The second-order valence-electron chi connectivity index (χ2n) is 4.62. The second kappa shape index (κ2) is 4.63. The largest absolute Gasteiger partial charge is 0.379 e. The van der Waals surface area contributed by atoms with E-state index in [0.717, 1.165) is 12.1 Å². The van der Waals surface area contributed by atoms with E-state index in [2.05, 4.69) is 10.3 Å². The molecule has 4 nitrogen and oxygen atoms in total. The Morgan fingerprint density at radius 3 is 3.00 bits per heavy atom. The van der Waals surface area contributed by atoms with Crippen LogP contribution >= 0.6 is 11.6 Å². The Labute approximate surface area is 105 Å². The van der Waals surface area contributed by atoms with Crippen molar-refractivity contribution in [2.75, 3.05) is 13.2 Å². The summed E-state index contributed by atoms with van der Waals surface area (Å²) in [7, 11) is 0. The Morgan fingerprint density at radius 1 is 1.65 bits per heavy atom. The lowest BCUT2D eigenvalue weighted by Gasteiger charge is -2.23. The monoisotopic (exact) mass is 254 g/mol. The van der Waals surface area contributed by atoms with Crippen molar-refractivity contribution in [1.29, 1.82) is 0 Å². The molecule has 1 N–H and O–H groups in total. The molecular formula is C12H15ClN2O2. The fraction of sp³-hybridized carbons (Fsp3) is 0.500. The number of hydrogen-bond donors (Lipinski definition) is 1. The van der Waals surface area contributed by atoms with Crippen LogP contribution in [0.4, 0.5) is 0 Å². The molecule has 1 saturated heterocycles. The average Bonchev–Trinajstić information content (AvgIpc) is 2.64. The molecule has 1 atom stereocenters. The normalized spacial score (nSPS) is 23.7. The smallest absolute Gasteiger partial charge is 0.254 e. The third-order valence-electron chi connectivity index (χ3n) is 2.87. The summed E-state index contributed by atoms with van der Waals surface area (Å²) in [5.74, 6) is -0.199. The van der Waals surface area contributed by atoms with Gasteiger partial charge in [-0.15, -0.1) is 0 Å². The number of aryl methyl sites for hydroxylation is 1. The molecule has 17 heavy (non-hydrogen) atoms. The molecular weight excluding hydrogens is 240 g/mol. The van der Waals surface area contributed by atoms with Gasteiger partial charge in [0.05, 0.1) is 22.7 Å². The molecule has 1 fully saturated rings. The number of pyridine rings is 1. The van der Waals surface area contributed by atoms with Crippen molar-refractivity contribution in [3.8, 4) is 0 Å². The van der Waals surface area contributed by atoms with Gasteiger partial charge >= 0.3 is 0 Å². The van der Waals surface area contributed by atoms with Crippen molar-refractivity contribution >= 4 is 17.5 Å². The van der Waals surface area contributed by atoms with E-state index in [0.29, 0.717) is 23.8 Å². The molecule has 1 aromatic rings. The van der Waals surface area contributed by atoms with E-state index in [4.69, 9.17) is 16.3 Å². The van der Waals surface area contributed by atoms with E-state index in [-0.39, 0.29) is 11.4 Å². The van der Waals surface area contributed by atoms with Crippen LogP contribution < -0.4 is 5.32 Å². The molecule has 2 heterocycles. The van der Waals surface area contributed by atoms with Crippen LogP contribution in [-0.2, 0) is 4.74 Å². The number of rotatable bonds is 2. The molecule has 0 spiro atoms. The Morgan fingerprint density at radius 2 is 2.41 bits per heavy atom. The van der Waals surface area contributed by atoms with Crippen molar-refractivity contribution in [3.05, 3.63) is 28.5 Å². The molecule has 1 aliphatic heterocycles. The minimum absolute atomic E-state index is 0.199. The first kappa shape index (κ1) is 12.3. The number of hydrogen-bond acceptors (Lipinski definition) is 3. The summed E-state index contributed by atoms with van der Waals surface area (Å²) >= 11 is 6.02. The first-order chi connectivity index (χ1) is 8.00. The van der Waals surface area contributed by atoms with Crippen LogP contribution in [0.5, 0.6) is 0 Å². The zero-order chi connectivity index (χ0) is 12.5. The summed E-state index contributed by atoms with van der Waals surface area (Å²) in [4.78, 5) is 16.1. The van der Waals surface area contributed by atoms with E-state index in [1.54, 1.807) is 6.07 Å². The highest BCUT2D eigenvalue weighted by Crippen LogP contribution is 2.20. The molecule has 1 aliphatic rings. The third kappa shape index (κ3) is 2.76. The van der Waals surface area contributed by atoms with Crippen LogP contribution in [0.25, 0.3) is 0 Å². The Hall–Kier alpha value is -1.13. The van der Waals surface area contributed by atoms with Gasteiger partial charge in [0.15, 0.2) is 0 Å². The molecule has 0 radical (unpaired) electrons. The lowest BCUT2D eigenvalue weighted by atomic mass is 10.0. The van der Waals surface area contributed by atoms with Gasteiger partial charge in [-0.2, -0.15) is 0 Å². The SMILES string of the molecule is Cc1cc(Cl)c(C(=O)NC2(C)CCOC2)cn1. The van der Waals surface area contributed by atoms with Crippen LogP contribution in [0.3, 0.4) is 0 Å². The summed E-state index contributed by atoms with van der Waals surface area (Å²) in [5, 5.41) is 3.37. The highest BCUT2D eigenvalue weighted by molar-refractivity contribution is 6.33. The summed E-state index contributed by atoms with van der Waals surface area (Å²) in [6.07, 6.45) is 2.32. The van der Waals surface area contributed by atoms with Crippen LogP contribution in [0, 0.1) is 6.92 Å². The standard InChI is InChI=1S/C12H15ClN2O2/c1-8-5-10(13)9(6-14-8)11(16)15-12(2)3-4-17-7-12/h5-6H,3-4,7H2,1-2H3,(H,15,16). The van der Waals surface area contributed by atoms with E-state index in [1.165, 1.54) is 6.20 Å². The van der Waals surface area contributed by atoms with E-state index in [1.807, 2.05) is 13.8 Å². The van der Waals surface area contributed by atoms with Gasteiger partial charge in [0.2, 0.25) is 0 Å². The van der Waals surface area contributed by atoms with Gasteiger partial charge in [0, 0.05) is 18.5 Å². The molecule has 1 unspecified atom stereocenters. The van der Waals surface area contributed by atoms with Gasteiger partial charge in [-0.1, -0.05) is 11.6 Å². The van der Waals surface area contributed by atoms with Crippen LogP contribution in [0.15, 0.2) is 12.3 Å². The number of carbonyl (C=O) groups excluding carboxylic acids is 1. The van der Waals surface area contributed by atoms with Crippen molar-refractivity contribution in [2.24, 2.45) is 0 Å². The predicted octanol–water partition coefficient (Wildman–Crippen LogP) is 1.95. The number of carbonyl (C=O) groups is 1. The van der Waals surface area contributed by atoms with Crippen LogP contribution in [0.1, 0.15) is 29.4 Å². The fourth-order valence-corrected chi connectivity index (χ4v) is 2.09. The van der Waals surface area contributed by atoms with Gasteiger partial charge in [0.25, 0.3) is 5.91 Å². The van der Waals surface area contributed by atoms with Gasteiger partial charge in [0.1, 0.15) is 0 Å². The minimum Gasteiger partial charge on any atom is -0.379 e. The number of amides is 1. The van der Waals surface area contributed by atoms with E-state index < -0.39 is 0 Å². The van der Waals surface area contributed by atoms with E-state index in [9.17, 15) is 4.79 Å². The predicted molar refractivity (Wildman–Crippen MR) is 65.3 cm³/mol. The third-order valence-corrected chi connectivity index (χ3v) is 3.18. The van der Waals surface area contributed by atoms with Gasteiger partial charge in [-0.25, -0.2) is 0 Å². The van der Waals surface area contributed by atoms with Gasteiger partial charge in [-0.05, 0) is 26.3 Å². The van der Waals surface area contributed by atoms with Crippen molar-refractivity contribution in [3.63, 3.8) is 0 Å². The summed E-state index contributed by atoms with van der Waals surface area (Å²) in [6.45, 7) is 5.01. The number of nitrogens with zero attached hydrogens (tertiary/aromatic N) is 1. The van der Waals surface area contributed by atoms with Crippen LogP contribution in [0.2, 0.25) is 5.02 Å². The molecule has 1 amide bonds. The number of nitrogens with one attached hydrogen (secondary N) is 1. The topological polar surface area (TPSA) is 51.2 Å².